The van der Waals surface area contributed by atoms with E-state index in [4.69, 9.17) is 0 Å². The van der Waals surface area contributed by atoms with Crippen LogP contribution in [0.15, 0.2) is 0 Å². The monoisotopic (exact) mass is 176 g/mol. The van der Waals surface area contributed by atoms with E-state index in [0.717, 1.165) is 0 Å². The van der Waals surface area contributed by atoms with Crippen molar-refractivity contribution in [2.24, 2.45) is 0 Å². The summed E-state index contributed by atoms with van der Waals surface area (Å²) in [6.45, 7) is 0. The molecule has 0 bridgehead atoms. The molecule has 0 N–H and O–H groups in total. The van der Waals surface area contributed by atoms with Crippen molar-refractivity contribution in [2.75, 3.05) is 0 Å². The van der Waals surface area contributed by atoms with Crippen molar-refractivity contribution in [1.82, 2.24) is 0 Å². The molecular weight excluding hydrogens is 172 g/mol. The summed E-state index contributed by atoms with van der Waals surface area (Å²) in [5.41, 5.74) is 0. The fraction of sp³-hybridized carbons (Fsp3) is 0. The van der Waals surface area contributed by atoms with Crippen LogP contribution in [0.5, 0.6) is 0 Å². The van der Waals surface area contributed by atoms with E-state index in [0.29, 0.717) is 0 Å². The van der Waals surface area contributed by atoms with Crippen molar-refractivity contribution < 1.29 is 40.6 Å². The molecule has 2 radical (unpaired) electrons. The van der Waals surface area contributed by atoms with Crippen LogP contribution in [0.3, 0.4) is 0 Å². The van der Waals surface area contributed by atoms with Gasteiger partial charge in [-0.05, 0) is 0 Å². The maximum atomic E-state index is 2.50. The number of hydrogen-bond acceptors (Lipinski definition) is 0. The van der Waals surface area contributed by atoms with Gasteiger partial charge in [0.1, 0.15) is 0 Å². The molecule has 0 unspecified atom stereocenters. The summed E-state index contributed by atoms with van der Waals surface area (Å²) in [5, 5.41) is 0. The van der Waals surface area contributed by atoms with Gasteiger partial charge in [-0.2, -0.15) is 0 Å². The van der Waals surface area contributed by atoms with Crippen LogP contribution in [0.25, 0.3) is 0 Å². The minimum atomic E-state index is 0. The quantitative estimate of drug-likeness (QED) is 0.320. The molecule has 0 rings (SSSR count). The fourth-order valence-corrected chi connectivity index (χ4v) is 0. The SMILES string of the molecule is [H-].[H-].[Li+].[Li+].[Se][Se]. The van der Waals surface area contributed by atoms with Crippen LogP contribution >= 0.6 is 0 Å². The summed E-state index contributed by atoms with van der Waals surface area (Å²) < 4.78 is 0. The van der Waals surface area contributed by atoms with Gasteiger partial charge in [0.25, 0.3) is 0 Å². The van der Waals surface area contributed by atoms with Gasteiger partial charge < -0.3 is 2.85 Å². The summed E-state index contributed by atoms with van der Waals surface area (Å²) in [5.74, 6) is 0. The third-order valence-electron chi connectivity index (χ3n) is 0. The van der Waals surface area contributed by atoms with Gasteiger partial charge in [-0.1, -0.05) is 0 Å². The Balaban J connectivity index is -0.000000000833. The van der Waals surface area contributed by atoms with Crippen molar-refractivity contribution in [2.45, 2.75) is 0 Å². The van der Waals surface area contributed by atoms with Crippen LogP contribution in [-0.2, 0) is 0 Å². The Morgan fingerprint density at radius 3 is 1.00 bits per heavy atom. The second kappa shape index (κ2) is 18.8. The second-order valence-corrected chi connectivity index (χ2v) is 0. The van der Waals surface area contributed by atoms with E-state index in [-0.39, 0.29) is 40.6 Å². The van der Waals surface area contributed by atoms with Crippen molar-refractivity contribution >= 4 is 28.4 Å². The molecule has 0 aliphatic rings. The molecular formula is H2Li2Se2. The van der Waals surface area contributed by atoms with E-state index >= 15 is 0 Å². The summed E-state index contributed by atoms with van der Waals surface area (Å²) in [6.07, 6.45) is 0. The molecule has 0 aliphatic carbocycles. The normalized spacial score (nSPS) is 1.50. The predicted molar refractivity (Wildman–Crippen MR) is 13.7 cm³/mol. The first-order chi connectivity index (χ1) is 1.00. The van der Waals surface area contributed by atoms with Crippen LogP contribution in [0.1, 0.15) is 2.85 Å². The van der Waals surface area contributed by atoms with Crippen LogP contribution in [-0.4, -0.2) is 28.4 Å². The molecule has 0 saturated heterocycles. The first kappa shape index (κ1) is 16.3. The van der Waals surface area contributed by atoms with Gasteiger partial charge in [-0.3, -0.25) is 0 Å². The Kier molecular flexibility index (Phi) is 76.8. The summed E-state index contributed by atoms with van der Waals surface area (Å²) >= 11 is 5.00. The molecule has 0 spiro atoms. The number of hydrogen-bond donors (Lipinski definition) is 0. The fourth-order valence-electron chi connectivity index (χ4n) is 0. The van der Waals surface area contributed by atoms with E-state index < -0.39 is 0 Å². The summed E-state index contributed by atoms with van der Waals surface area (Å²) in [4.78, 5) is 0. The van der Waals surface area contributed by atoms with Crippen LogP contribution < -0.4 is 37.7 Å². The summed E-state index contributed by atoms with van der Waals surface area (Å²) in [6, 6.07) is 0. The van der Waals surface area contributed by atoms with Crippen molar-refractivity contribution in [3.8, 4) is 0 Å². The molecule has 0 aliphatic heterocycles. The second-order valence-electron chi connectivity index (χ2n) is 0. The van der Waals surface area contributed by atoms with Gasteiger partial charge >= 0.3 is 66.1 Å². The molecule has 0 atom stereocenters. The molecule has 0 aromatic heterocycles. The Morgan fingerprint density at radius 1 is 1.00 bits per heavy atom. The van der Waals surface area contributed by atoms with Crippen LogP contribution in [0.4, 0.5) is 0 Å². The zero-order chi connectivity index (χ0) is 2.00. The van der Waals surface area contributed by atoms with Crippen molar-refractivity contribution in [1.29, 1.82) is 0 Å². The number of rotatable bonds is 0. The van der Waals surface area contributed by atoms with Crippen LogP contribution in [0.2, 0.25) is 0 Å². The molecule has 0 nitrogen and oxygen atoms in total. The maximum absolute atomic E-state index is 2.50. The van der Waals surface area contributed by atoms with Gasteiger partial charge in [0.2, 0.25) is 0 Å². The van der Waals surface area contributed by atoms with Gasteiger partial charge in [0, 0.05) is 0 Å². The van der Waals surface area contributed by atoms with E-state index in [9.17, 15) is 0 Å². The van der Waals surface area contributed by atoms with Gasteiger partial charge in [-0.15, -0.1) is 0 Å². The molecule has 0 aromatic carbocycles. The Morgan fingerprint density at radius 2 is 1.00 bits per heavy atom. The van der Waals surface area contributed by atoms with E-state index in [2.05, 4.69) is 28.4 Å². The molecule has 0 amide bonds. The van der Waals surface area contributed by atoms with Gasteiger partial charge in [0.05, 0.1) is 0 Å². The molecule has 0 heterocycles. The first-order valence-electron chi connectivity index (χ1n) is 0.167. The van der Waals surface area contributed by atoms with Crippen LogP contribution in [0, 0.1) is 0 Å². The minimum absolute atomic E-state index is 0. The van der Waals surface area contributed by atoms with Crippen molar-refractivity contribution in [3.63, 3.8) is 0 Å². The Hall–Kier alpha value is 2.23. The molecule has 0 aromatic rings. The average Bonchev–Trinajstić information content (AvgIpc) is 1.00. The van der Waals surface area contributed by atoms with Gasteiger partial charge in [0.15, 0.2) is 0 Å². The Bertz CT molecular complexity index is 9.51. The summed E-state index contributed by atoms with van der Waals surface area (Å²) in [7, 11) is 0. The molecule has 16 valence electrons. The first-order valence-corrected chi connectivity index (χ1v) is 4.50. The standard InChI is InChI=1S/2Li.Se2.2H/c;;1-2;;/q2*+1;;2*-1. The molecule has 0 fully saturated rings. The van der Waals surface area contributed by atoms with E-state index in [1.807, 2.05) is 0 Å². The zero-order valence-electron chi connectivity index (χ0n) is 4.82. The van der Waals surface area contributed by atoms with E-state index in [1.165, 1.54) is 0 Å². The Labute approximate surface area is 68.4 Å². The molecule has 4 heavy (non-hydrogen) atoms. The average molecular weight is 174 g/mol. The molecule has 0 saturated carbocycles. The predicted octanol–water partition coefficient (Wildman–Crippen LogP) is -6.53. The van der Waals surface area contributed by atoms with Gasteiger partial charge in [-0.25, -0.2) is 0 Å². The van der Waals surface area contributed by atoms with E-state index in [1.54, 1.807) is 0 Å². The topological polar surface area (TPSA) is 0 Å². The zero-order valence-corrected chi connectivity index (χ0v) is 6.24. The third-order valence-corrected chi connectivity index (χ3v) is 0. The van der Waals surface area contributed by atoms with Crippen molar-refractivity contribution in [3.05, 3.63) is 0 Å². The molecule has 4 heteroatoms. The third kappa shape index (κ3) is 8.87.